The van der Waals surface area contributed by atoms with Crippen LogP contribution in [0.5, 0.6) is 5.75 Å². The molecule has 0 unspecified atom stereocenters. The molecule has 0 aromatic heterocycles. The van der Waals surface area contributed by atoms with Crippen molar-refractivity contribution in [2.45, 2.75) is 18.7 Å². The number of allylic oxidation sites excluding steroid dienone is 1. The number of phenolic OH excluding ortho intramolecular Hbond substituents is 1. The van der Waals surface area contributed by atoms with Crippen LogP contribution in [-0.4, -0.2) is 13.5 Å². The Hall–Kier alpha value is -2.31. The van der Waals surface area contributed by atoms with Crippen molar-refractivity contribution in [3.05, 3.63) is 65.7 Å². The molecular formula is C16H18N2O3S. The van der Waals surface area contributed by atoms with E-state index in [1.807, 2.05) is 6.92 Å². The number of aryl methyl sites for hydroxylation is 1. The van der Waals surface area contributed by atoms with Crippen LogP contribution in [0.15, 0.2) is 59.5 Å². The molecule has 116 valence electrons. The number of aromatic hydroxyl groups is 1. The maximum Gasteiger partial charge on any atom is 0.257 e. The van der Waals surface area contributed by atoms with Crippen LogP contribution in [-0.2, 0) is 10.0 Å². The molecule has 0 saturated carbocycles. The predicted molar refractivity (Wildman–Crippen MR) is 86.4 cm³/mol. The minimum atomic E-state index is -3.69. The molecule has 2 aromatic rings. The van der Waals surface area contributed by atoms with E-state index in [9.17, 15) is 13.5 Å². The molecule has 0 aliphatic rings. The fraction of sp³-hybridized carbons (Fsp3) is 0.125. The van der Waals surface area contributed by atoms with Crippen molar-refractivity contribution in [2.75, 3.05) is 0 Å². The first-order valence-electron chi connectivity index (χ1n) is 6.73. The quantitative estimate of drug-likeness (QED) is 0.740. The summed E-state index contributed by atoms with van der Waals surface area (Å²) in [6, 6.07) is 13.2. The minimum Gasteiger partial charge on any atom is -0.507 e. The number of sulfonamides is 1. The van der Waals surface area contributed by atoms with Gasteiger partial charge in [0.05, 0.1) is 10.6 Å². The summed E-state index contributed by atoms with van der Waals surface area (Å²) in [7, 11) is -3.69. The molecule has 0 saturated heterocycles. The van der Waals surface area contributed by atoms with Crippen LogP contribution in [0.2, 0.25) is 0 Å². The highest BCUT2D eigenvalue weighted by Crippen LogP contribution is 2.22. The summed E-state index contributed by atoms with van der Waals surface area (Å²) in [6.45, 7) is 3.63. The molecule has 2 aromatic carbocycles. The fourth-order valence-electron chi connectivity index (χ4n) is 1.89. The monoisotopic (exact) mass is 318 g/mol. The van der Waals surface area contributed by atoms with E-state index < -0.39 is 10.0 Å². The second-order valence-corrected chi connectivity index (χ2v) is 6.45. The van der Waals surface area contributed by atoms with Crippen molar-refractivity contribution in [3.8, 4) is 5.75 Å². The molecule has 6 heteroatoms. The molecule has 0 fully saturated rings. The SMILES string of the molecule is CC=C(NNS(=O)(=O)c1ccc(C)cc1)c1ccccc1O. The lowest BCUT2D eigenvalue weighted by Crippen LogP contribution is -2.36. The van der Waals surface area contributed by atoms with Gasteiger partial charge in [-0.1, -0.05) is 35.9 Å². The highest BCUT2D eigenvalue weighted by Gasteiger charge is 2.14. The Labute approximate surface area is 130 Å². The first-order chi connectivity index (χ1) is 10.4. The molecule has 0 spiro atoms. The Morgan fingerprint density at radius 3 is 2.32 bits per heavy atom. The van der Waals surface area contributed by atoms with Crippen molar-refractivity contribution in [2.24, 2.45) is 0 Å². The van der Waals surface area contributed by atoms with Crippen LogP contribution in [0.3, 0.4) is 0 Å². The van der Waals surface area contributed by atoms with Gasteiger partial charge in [-0.3, -0.25) is 0 Å². The summed E-state index contributed by atoms with van der Waals surface area (Å²) in [5, 5.41) is 9.83. The van der Waals surface area contributed by atoms with Crippen molar-refractivity contribution in [1.29, 1.82) is 0 Å². The predicted octanol–water partition coefficient (Wildman–Crippen LogP) is 2.54. The van der Waals surface area contributed by atoms with Crippen LogP contribution in [0.25, 0.3) is 5.70 Å². The Morgan fingerprint density at radius 2 is 1.73 bits per heavy atom. The van der Waals surface area contributed by atoms with Crippen molar-refractivity contribution in [3.63, 3.8) is 0 Å². The van der Waals surface area contributed by atoms with E-state index in [0.29, 0.717) is 11.3 Å². The molecule has 0 radical (unpaired) electrons. The zero-order valence-electron chi connectivity index (χ0n) is 12.4. The van der Waals surface area contributed by atoms with Crippen molar-refractivity contribution >= 4 is 15.7 Å². The molecule has 0 aliphatic heterocycles. The third-order valence-corrected chi connectivity index (χ3v) is 4.40. The van der Waals surface area contributed by atoms with Crippen LogP contribution < -0.4 is 10.3 Å². The number of para-hydroxylation sites is 1. The number of hydrazine groups is 1. The zero-order chi connectivity index (χ0) is 16.2. The van der Waals surface area contributed by atoms with Gasteiger partial charge < -0.3 is 10.5 Å². The smallest absolute Gasteiger partial charge is 0.257 e. The minimum absolute atomic E-state index is 0.0673. The second kappa shape index (κ2) is 6.64. The van der Waals surface area contributed by atoms with Gasteiger partial charge in [-0.05, 0) is 38.1 Å². The number of rotatable bonds is 5. The number of nitrogens with one attached hydrogen (secondary N) is 2. The van der Waals surface area contributed by atoms with Crippen molar-refractivity contribution < 1.29 is 13.5 Å². The highest BCUT2D eigenvalue weighted by atomic mass is 32.2. The Kier molecular flexibility index (Phi) is 4.85. The van der Waals surface area contributed by atoms with Gasteiger partial charge in [0.1, 0.15) is 5.75 Å². The van der Waals surface area contributed by atoms with Gasteiger partial charge in [-0.15, -0.1) is 4.83 Å². The van der Waals surface area contributed by atoms with E-state index in [0.717, 1.165) is 5.56 Å². The third-order valence-electron chi connectivity index (χ3n) is 3.13. The van der Waals surface area contributed by atoms with E-state index in [4.69, 9.17) is 0 Å². The molecule has 0 bridgehead atoms. The van der Waals surface area contributed by atoms with E-state index in [1.54, 1.807) is 43.3 Å². The Balaban J connectivity index is 2.17. The highest BCUT2D eigenvalue weighted by molar-refractivity contribution is 7.89. The lowest BCUT2D eigenvalue weighted by atomic mass is 10.1. The first kappa shape index (κ1) is 16.1. The summed E-state index contributed by atoms with van der Waals surface area (Å²) in [5.74, 6) is 0.0673. The first-order valence-corrected chi connectivity index (χ1v) is 8.21. The van der Waals surface area contributed by atoms with E-state index in [2.05, 4.69) is 10.3 Å². The van der Waals surface area contributed by atoms with Gasteiger partial charge >= 0.3 is 0 Å². The summed E-state index contributed by atoms with van der Waals surface area (Å²) in [5.41, 5.74) is 4.60. The molecular weight excluding hydrogens is 300 g/mol. The van der Waals surface area contributed by atoms with E-state index in [-0.39, 0.29) is 10.6 Å². The van der Waals surface area contributed by atoms with Gasteiger partial charge in [-0.25, -0.2) is 8.42 Å². The third kappa shape index (κ3) is 3.66. The standard InChI is InChI=1S/C16H18N2O3S/c1-3-15(14-6-4-5-7-16(14)19)17-18-22(20,21)13-10-8-12(2)9-11-13/h3-11,17-19H,1-2H3. The van der Waals surface area contributed by atoms with Crippen LogP contribution in [0.1, 0.15) is 18.1 Å². The molecule has 0 heterocycles. The Bertz CT molecular complexity index is 781. The Morgan fingerprint density at radius 1 is 1.09 bits per heavy atom. The largest absolute Gasteiger partial charge is 0.507 e. The molecule has 22 heavy (non-hydrogen) atoms. The summed E-state index contributed by atoms with van der Waals surface area (Å²) < 4.78 is 24.4. The normalized spacial score (nSPS) is 12.2. The topological polar surface area (TPSA) is 78.4 Å². The van der Waals surface area contributed by atoms with Crippen molar-refractivity contribution in [1.82, 2.24) is 10.3 Å². The molecule has 0 aliphatic carbocycles. The number of phenols is 1. The van der Waals surface area contributed by atoms with Crippen LogP contribution >= 0.6 is 0 Å². The fourth-order valence-corrected chi connectivity index (χ4v) is 2.75. The average Bonchev–Trinajstić information content (AvgIpc) is 2.50. The molecule has 0 amide bonds. The van der Waals surface area contributed by atoms with Gasteiger partial charge in [0.25, 0.3) is 10.0 Å². The van der Waals surface area contributed by atoms with Gasteiger partial charge in [0.15, 0.2) is 0 Å². The number of benzene rings is 2. The van der Waals surface area contributed by atoms with Gasteiger partial charge in [0, 0.05) is 5.56 Å². The molecule has 0 atom stereocenters. The van der Waals surface area contributed by atoms with Crippen LogP contribution in [0.4, 0.5) is 0 Å². The average molecular weight is 318 g/mol. The number of hydrogen-bond acceptors (Lipinski definition) is 4. The molecule has 5 nitrogen and oxygen atoms in total. The molecule has 3 N–H and O–H groups in total. The summed E-state index contributed by atoms with van der Waals surface area (Å²) >= 11 is 0. The van der Waals surface area contributed by atoms with Crippen LogP contribution in [0, 0.1) is 6.92 Å². The van der Waals surface area contributed by atoms with E-state index >= 15 is 0 Å². The van der Waals surface area contributed by atoms with Gasteiger partial charge in [-0.2, -0.15) is 0 Å². The molecule has 2 rings (SSSR count). The maximum absolute atomic E-state index is 12.2. The number of hydrogen-bond donors (Lipinski definition) is 3. The summed E-state index contributed by atoms with van der Waals surface area (Å²) in [6.07, 6.45) is 1.67. The second-order valence-electron chi connectivity index (χ2n) is 4.76. The summed E-state index contributed by atoms with van der Waals surface area (Å²) in [4.78, 5) is 2.48. The van der Waals surface area contributed by atoms with E-state index in [1.165, 1.54) is 18.2 Å². The lowest BCUT2D eigenvalue weighted by molar-refractivity contribution is 0.472. The zero-order valence-corrected chi connectivity index (χ0v) is 13.2. The van der Waals surface area contributed by atoms with Gasteiger partial charge in [0.2, 0.25) is 0 Å². The lowest BCUT2D eigenvalue weighted by Gasteiger charge is -2.14. The maximum atomic E-state index is 12.2.